The van der Waals surface area contributed by atoms with Crippen LogP contribution in [0.3, 0.4) is 0 Å². The van der Waals surface area contributed by atoms with E-state index in [0.717, 1.165) is 44.8 Å². The molecule has 1 heterocycles. The van der Waals surface area contributed by atoms with Crippen LogP contribution in [0.1, 0.15) is 22.8 Å². The van der Waals surface area contributed by atoms with Gasteiger partial charge in [-0.2, -0.15) is 0 Å². The molecule has 21 heavy (non-hydrogen) atoms. The van der Waals surface area contributed by atoms with E-state index in [4.69, 9.17) is 11.3 Å². The van der Waals surface area contributed by atoms with Crippen molar-refractivity contribution in [2.24, 2.45) is 5.11 Å². The van der Waals surface area contributed by atoms with Gasteiger partial charge in [0.1, 0.15) is 0 Å². The Morgan fingerprint density at radius 2 is 2.00 bits per heavy atom. The monoisotopic (exact) mass is 288 g/mol. The first-order valence-electron chi connectivity index (χ1n) is 7.06. The predicted octanol–water partition coefficient (Wildman–Crippen LogP) is 1.86. The van der Waals surface area contributed by atoms with E-state index in [0.29, 0.717) is 5.69 Å². The summed E-state index contributed by atoms with van der Waals surface area (Å²) in [5.74, 6) is -0.632. The topological polar surface area (TPSA) is 98.3 Å². The van der Waals surface area contributed by atoms with Gasteiger partial charge >= 0.3 is 0 Å². The van der Waals surface area contributed by atoms with Gasteiger partial charge in [0.2, 0.25) is 0 Å². The van der Waals surface area contributed by atoms with E-state index in [9.17, 15) is 4.79 Å². The number of rotatable bonds is 4. The fourth-order valence-corrected chi connectivity index (χ4v) is 2.50. The normalized spacial score (nSPS) is 16.4. The average Bonchev–Trinajstić information content (AvgIpc) is 2.50. The molecule has 1 fully saturated rings. The zero-order chi connectivity index (χ0) is 15.2. The van der Waals surface area contributed by atoms with Crippen molar-refractivity contribution in [3.8, 4) is 0 Å². The van der Waals surface area contributed by atoms with Gasteiger partial charge in [-0.25, -0.2) is 0 Å². The predicted molar refractivity (Wildman–Crippen MR) is 81.7 cm³/mol. The maximum atomic E-state index is 11.7. The summed E-state index contributed by atoms with van der Waals surface area (Å²) in [5.41, 5.74) is 15.7. The molecule has 0 aromatic heterocycles. The minimum Gasteiger partial charge on any atom is -0.398 e. The van der Waals surface area contributed by atoms with Gasteiger partial charge < -0.3 is 10.6 Å². The number of piperazine rings is 1. The Hall–Kier alpha value is -2.08. The van der Waals surface area contributed by atoms with Gasteiger partial charge in [0.15, 0.2) is 0 Å². The summed E-state index contributed by atoms with van der Waals surface area (Å²) in [7, 11) is 0. The third-order valence-corrected chi connectivity index (χ3v) is 3.80. The lowest BCUT2D eigenvalue weighted by atomic mass is 10.1. The highest BCUT2D eigenvalue weighted by atomic mass is 16.1. The number of nitrogen functional groups attached to an aromatic ring is 1. The van der Waals surface area contributed by atoms with Gasteiger partial charge in [-0.1, -0.05) is 13.0 Å². The number of carbonyl (C=O) groups is 1. The fourth-order valence-electron chi connectivity index (χ4n) is 2.50. The van der Waals surface area contributed by atoms with E-state index < -0.39 is 5.91 Å². The molecule has 0 atom stereocenters. The van der Waals surface area contributed by atoms with Crippen LogP contribution in [-0.2, 0) is 6.54 Å². The molecule has 0 spiro atoms. The minimum atomic E-state index is -0.632. The number of nitrogens with zero attached hydrogens (tertiary/aromatic N) is 5. The maximum absolute atomic E-state index is 11.7. The number of hydrogen-bond acceptors (Lipinski definition) is 4. The lowest BCUT2D eigenvalue weighted by molar-refractivity contribution is 0.100. The molecule has 0 bridgehead atoms. The number of anilines is 1. The van der Waals surface area contributed by atoms with Crippen LogP contribution < -0.4 is 5.73 Å². The molecule has 7 heteroatoms. The fraction of sp³-hybridized carbons (Fsp3) is 0.500. The second-order valence-corrected chi connectivity index (χ2v) is 5.13. The highest BCUT2D eigenvalue weighted by molar-refractivity contribution is 5.99. The summed E-state index contributed by atoms with van der Waals surface area (Å²) >= 11 is 0. The van der Waals surface area contributed by atoms with Crippen LogP contribution >= 0.6 is 0 Å². The Bertz CT molecular complexity index is 559. The molecular weight excluding hydrogens is 268 g/mol. The van der Waals surface area contributed by atoms with E-state index in [1.807, 2.05) is 6.07 Å². The SMILES string of the molecule is CCN1CCN(Cc2ccc(N)c(C(=O)N=[N+]=[N-])c2)CC1. The summed E-state index contributed by atoms with van der Waals surface area (Å²) in [4.78, 5) is 19.0. The second-order valence-electron chi connectivity index (χ2n) is 5.13. The number of azide groups is 1. The lowest BCUT2D eigenvalue weighted by Crippen LogP contribution is -2.45. The summed E-state index contributed by atoms with van der Waals surface area (Å²) in [6.45, 7) is 8.18. The molecule has 1 amide bonds. The van der Waals surface area contributed by atoms with Gasteiger partial charge in [0.05, 0.1) is 0 Å². The van der Waals surface area contributed by atoms with Crippen molar-refractivity contribution in [2.45, 2.75) is 13.5 Å². The van der Waals surface area contributed by atoms with Crippen molar-refractivity contribution >= 4 is 11.6 Å². The smallest absolute Gasteiger partial charge is 0.251 e. The Morgan fingerprint density at radius 1 is 1.33 bits per heavy atom. The van der Waals surface area contributed by atoms with Gasteiger partial charge in [0, 0.05) is 48.9 Å². The second kappa shape index (κ2) is 7.08. The summed E-state index contributed by atoms with van der Waals surface area (Å²) < 4.78 is 0. The molecule has 1 aliphatic heterocycles. The third-order valence-electron chi connectivity index (χ3n) is 3.80. The summed E-state index contributed by atoms with van der Waals surface area (Å²) in [5, 5.41) is 3.11. The van der Waals surface area contributed by atoms with Crippen molar-refractivity contribution in [1.82, 2.24) is 9.80 Å². The van der Waals surface area contributed by atoms with Crippen molar-refractivity contribution in [3.05, 3.63) is 39.8 Å². The van der Waals surface area contributed by atoms with Crippen molar-refractivity contribution in [2.75, 3.05) is 38.5 Å². The van der Waals surface area contributed by atoms with E-state index >= 15 is 0 Å². The first-order valence-corrected chi connectivity index (χ1v) is 7.06. The molecule has 0 unspecified atom stereocenters. The van der Waals surface area contributed by atoms with Crippen molar-refractivity contribution in [3.63, 3.8) is 0 Å². The van der Waals surface area contributed by atoms with E-state index in [2.05, 4.69) is 26.7 Å². The van der Waals surface area contributed by atoms with Crippen LogP contribution in [0.25, 0.3) is 10.4 Å². The first-order chi connectivity index (χ1) is 10.1. The Labute approximate surface area is 123 Å². The molecule has 1 aromatic carbocycles. The van der Waals surface area contributed by atoms with Gasteiger partial charge in [-0.05, 0) is 34.9 Å². The minimum absolute atomic E-state index is 0.275. The molecule has 1 saturated heterocycles. The molecule has 112 valence electrons. The van der Waals surface area contributed by atoms with E-state index in [1.165, 1.54) is 0 Å². The summed E-state index contributed by atoms with van der Waals surface area (Å²) in [6.07, 6.45) is 0. The van der Waals surface area contributed by atoms with Crippen molar-refractivity contribution in [1.29, 1.82) is 0 Å². The van der Waals surface area contributed by atoms with Crippen LogP contribution in [-0.4, -0.2) is 48.4 Å². The van der Waals surface area contributed by atoms with Crippen LogP contribution in [0.15, 0.2) is 23.3 Å². The molecule has 1 aromatic rings. The van der Waals surface area contributed by atoms with Crippen molar-refractivity contribution < 1.29 is 4.79 Å². The first kappa shape index (κ1) is 15.3. The molecule has 0 saturated carbocycles. The number of carbonyl (C=O) groups excluding carboxylic acids is 1. The summed E-state index contributed by atoms with van der Waals surface area (Å²) in [6, 6.07) is 5.32. The molecular formula is C14H20N6O. The van der Waals surface area contributed by atoms with Crippen LogP contribution in [0.4, 0.5) is 5.69 Å². The molecule has 1 aliphatic rings. The molecule has 7 nitrogen and oxygen atoms in total. The molecule has 2 rings (SSSR count). The Kier molecular flexibility index (Phi) is 5.16. The number of nitrogens with two attached hydrogens (primary N) is 1. The largest absolute Gasteiger partial charge is 0.398 e. The van der Waals surface area contributed by atoms with E-state index in [1.54, 1.807) is 12.1 Å². The quantitative estimate of drug-likeness (QED) is 0.395. The van der Waals surface area contributed by atoms with Gasteiger partial charge in [0.25, 0.3) is 5.91 Å². The standard InChI is InChI=1S/C14H20N6O/c1-2-19-5-7-20(8-6-19)10-11-3-4-13(15)12(9-11)14(21)17-18-16/h3-4,9H,2,5-8,10,15H2,1H3. The Balaban J connectivity index is 2.06. The van der Waals surface area contributed by atoms with Crippen LogP contribution in [0.5, 0.6) is 0 Å². The van der Waals surface area contributed by atoms with E-state index in [-0.39, 0.29) is 5.56 Å². The number of hydrogen-bond donors (Lipinski definition) is 1. The highest BCUT2D eigenvalue weighted by Crippen LogP contribution is 2.17. The number of amides is 1. The van der Waals surface area contributed by atoms with Crippen LogP contribution in [0, 0.1) is 0 Å². The maximum Gasteiger partial charge on any atom is 0.251 e. The average molecular weight is 288 g/mol. The zero-order valence-electron chi connectivity index (χ0n) is 12.2. The Morgan fingerprint density at radius 3 is 2.62 bits per heavy atom. The zero-order valence-corrected chi connectivity index (χ0v) is 12.2. The number of benzene rings is 1. The third kappa shape index (κ3) is 3.95. The van der Waals surface area contributed by atoms with Gasteiger partial charge in [-0.15, -0.1) is 0 Å². The molecule has 0 aliphatic carbocycles. The lowest BCUT2D eigenvalue weighted by Gasteiger charge is -2.34. The van der Waals surface area contributed by atoms with Crippen LogP contribution in [0.2, 0.25) is 0 Å². The molecule has 2 N–H and O–H groups in total. The number of likely N-dealkylation sites (N-methyl/N-ethyl adjacent to an activating group) is 1. The molecule has 0 radical (unpaired) electrons. The highest BCUT2D eigenvalue weighted by Gasteiger charge is 2.16. The van der Waals surface area contributed by atoms with Gasteiger partial charge in [-0.3, -0.25) is 9.69 Å².